The number of nitrogens with zero attached hydrogens (tertiary/aromatic N) is 2. The van der Waals surface area contributed by atoms with Gasteiger partial charge in [0.1, 0.15) is 18.9 Å². The predicted octanol–water partition coefficient (Wildman–Crippen LogP) is 5.63. The molecular weight excluding hydrogens is 482 g/mol. The average Bonchev–Trinajstić information content (AvgIpc) is 3.20. The SMILES string of the molecule is O=c1[nH]c2c(Br)cccc2n1-c1ccc(OCc2ccccc2)nc1OCc1ccccc1. The molecular formula is C26H20BrN3O3. The number of imidazole rings is 1. The number of hydrogen-bond donors (Lipinski definition) is 1. The van der Waals surface area contributed by atoms with E-state index in [0.29, 0.717) is 36.2 Å². The molecule has 0 fully saturated rings. The third-order valence-corrected chi connectivity index (χ3v) is 5.83. The highest BCUT2D eigenvalue weighted by Crippen LogP contribution is 2.29. The average molecular weight is 502 g/mol. The van der Waals surface area contributed by atoms with Gasteiger partial charge >= 0.3 is 5.69 Å². The molecule has 0 unspecified atom stereocenters. The number of fused-ring (bicyclic) bond motifs is 1. The maximum Gasteiger partial charge on any atom is 0.331 e. The van der Waals surface area contributed by atoms with Gasteiger partial charge in [-0.1, -0.05) is 66.7 Å². The van der Waals surface area contributed by atoms with E-state index in [0.717, 1.165) is 21.1 Å². The van der Waals surface area contributed by atoms with E-state index in [1.807, 2.05) is 78.9 Å². The van der Waals surface area contributed by atoms with E-state index < -0.39 is 0 Å². The Kier molecular flexibility index (Phi) is 5.95. The molecule has 6 nitrogen and oxygen atoms in total. The fourth-order valence-corrected chi connectivity index (χ4v) is 4.02. The van der Waals surface area contributed by atoms with Gasteiger partial charge in [0.05, 0.1) is 11.0 Å². The summed E-state index contributed by atoms with van der Waals surface area (Å²) in [6.45, 7) is 0.690. The lowest BCUT2D eigenvalue weighted by molar-refractivity contribution is 0.267. The number of ether oxygens (including phenoxy) is 2. The summed E-state index contributed by atoms with van der Waals surface area (Å²) in [6, 6.07) is 28.9. The van der Waals surface area contributed by atoms with Crippen LogP contribution in [0.3, 0.4) is 0 Å². The van der Waals surface area contributed by atoms with E-state index in [9.17, 15) is 4.79 Å². The molecule has 0 bridgehead atoms. The van der Waals surface area contributed by atoms with Gasteiger partial charge in [-0.3, -0.25) is 4.57 Å². The molecule has 1 N–H and O–H groups in total. The summed E-state index contributed by atoms with van der Waals surface area (Å²) in [7, 11) is 0. The normalized spacial score (nSPS) is 10.9. The molecule has 0 aliphatic heterocycles. The molecule has 0 saturated heterocycles. The number of aromatic nitrogens is 3. The van der Waals surface area contributed by atoms with Crippen molar-refractivity contribution in [3.63, 3.8) is 0 Å². The van der Waals surface area contributed by atoms with Crippen molar-refractivity contribution in [3.05, 3.63) is 117 Å². The second kappa shape index (κ2) is 9.34. The van der Waals surface area contributed by atoms with Gasteiger partial charge < -0.3 is 14.5 Å². The van der Waals surface area contributed by atoms with Crippen LogP contribution in [0, 0.1) is 0 Å². The van der Waals surface area contributed by atoms with Gasteiger partial charge in [-0.25, -0.2) is 4.79 Å². The molecule has 3 aromatic carbocycles. The Morgan fingerprint density at radius 1 is 0.788 bits per heavy atom. The molecule has 0 saturated carbocycles. The van der Waals surface area contributed by atoms with Gasteiger partial charge in [0.15, 0.2) is 0 Å². The van der Waals surface area contributed by atoms with E-state index in [1.54, 1.807) is 16.7 Å². The Morgan fingerprint density at radius 2 is 1.45 bits per heavy atom. The molecule has 2 aromatic heterocycles. The molecule has 0 spiro atoms. The molecule has 7 heteroatoms. The zero-order chi connectivity index (χ0) is 22.6. The van der Waals surface area contributed by atoms with Crippen LogP contribution in [0.25, 0.3) is 16.7 Å². The van der Waals surface area contributed by atoms with Crippen LogP contribution in [0.2, 0.25) is 0 Å². The van der Waals surface area contributed by atoms with Crippen LogP contribution in [0.5, 0.6) is 11.8 Å². The minimum absolute atomic E-state index is 0.277. The number of hydrogen-bond acceptors (Lipinski definition) is 4. The van der Waals surface area contributed by atoms with Crippen molar-refractivity contribution >= 4 is 27.0 Å². The summed E-state index contributed by atoms with van der Waals surface area (Å²) < 4.78 is 14.4. The summed E-state index contributed by atoms with van der Waals surface area (Å²) in [6.07, 6.45) is 0. The first-order valence-electron chi connectivity index (χ1n) is 10.4. The van der Waals surface area contributed by atoms with Crippen molar-refractivity contribution in [2.45, 2.75) is 13.2 Å². The fraction of sp³-hybridized carbons (Fsp3) is 0.0769. The van der Waals surface area contributed by atoms with E-state index >= 15 is 0 Å². The maximum atomic E-state index is 12.9. The van der Waals surface area contributed by atoms with Crippen molar-refractivity contribution in [2.24, 2.45) is 0 Å². The van der Waals surface area contributed by atoms with Crippen LogP contribution in [0.1, 0.15) is 11.1 Å². The highest BCUT2D eigenvalue weighted by Gasteiger charge is 2.17. The summed E-state index contributed by atoms with van der Waals surface area (Å²) >= 11 is 3.50. The highest BCUT2D eigenvalue weighted by atomic mass is 79.9. The fourth-order valence-electron chi connectivity index (χ4n) is 3.56. The molecule has 0 radical (unpaired) electrons. The molecule has 33 heavy (non-hydrogen) atoms. The summed E-state index contributed by atoms with van der Waals surface area (Å²) in [5.41, 5.74) is 3.72. The van der Waals surface area contributed by atoms with Crippen LogP contribution in [-0.4, -0.2) is 14.5 Å². The maximum absolute atomic E-state index is 12.9. The Hall–Kier alpha value is -3.84. The van der Waals surface area contributed by atoms with Crippen molar-refractivity contribution < 1.29 is 9.47 Å². The van der Waals surface area contributed by atoms with Crippen LogP contribution in [0.4, 0.5) is 0 Å². The lowest BCUT2D eigenvalue weighted by atomic mass is 10.2. The first-order chi connectivity index (χ1) is 16.2. The number of pyridine rings is 1. The smallest absolute Gasteiger partial charge is 0.331 e. The minimum atomic E-state index is -0.277. The Labute approximate surface area is 198 Å². The third-order valence-electron chi connectivity index (χ3n) is 5.17. The Balaban J connectivity index is 1.53. The Bertz CT molecular complexity index is 1450. The largest absolute Gasteiger partial charge is 0.473 e. The van der Waals surface area contributed by atoms with E-state index in [-0.39, 0.29) is 5.69 Å². The van der Waals surface area contributed by atoms with Gasteiger partial charge in [-0.2, -0.15) is 4.98 Å². The number of nitrogens with one attached hydrogen (secondary N) is 1. The molecule has 0 atom stereocenters. The van der Waals surface area contributed by atoms with E-state index in [4.69, 9.17) is 9.47 Å². The van der Waals surface area contributed by atoms with Crippen LogP contribution < -0.4 is 15.2 Å². The standard InChI is InChI=1S/C26H20BrN3O3/c27-20-12-7-13-21-24(20)29-26(31)30(21)22-14-15-23(32-16-18-8-3-1-4-9-18)28-25(22)33-17-19-10-5-2-6-11-19/h1-15H,16-17H2,(H,29,31). The monoisotopic (exact) mass is 501 g/mol. The molecule has 0 amide bonds. The van der Waals surface area contributed by atoms with Gasteiger partial charge in [0.25, 0.3) is 0 Å². The number of aromatic amines is 1. The summed E-state index contributed by atoms with van der Waals surface area (Å²) in [5, 5.41) is 0. The zero-order valence-electron chi connectivity index (χ0n) is 17.6. The van der Waals surface area contributed by atoms with E-state index in [1.165, 1.54) is 0 Å². The number of para-hydroxylation sites is 1. The molecule has 0 aliphatic rings. The van der Waals surface area contributed by atoms with Crippen LogP contribution in [0.15, 0.2) is 100 Å². The van der Waals surface area contributed by atoms with Crippen molar-refractivity contribution in [1.82, 2.24) is 14.5 Å². The quantitative estimate of drug-likeness (QED) is 0.313. The summed E-state index contributed by atoms with van der Waals surface area (Å²) in [5.74, 6) is 0.729. The lowest BCUT2D eigenvalue weighted by Gasteiger charge is -2.14. The summed E-state index contributed by atoms with van der Waals surface area (Å²) in [4.78, 5) is 20.4. The lowest BCUT2D eigenvalue weighted by Crippen LogP contribution is -2.16. The molecule has 164 valence electrons. The van der Waals surface area contributed by atoms with Crippen molar-refractivity contribution in [1.29, 1.82) is 0 Å². The minimum Gasteiger partial charge on any atom is -0.473 e. The second-order valence-corrected chi connectivity index (χ2v) is 8.28. The molecule has 5 rings (SSSR count). The first-order valence-corrected chi connectivity index (χ1v) is 11.2. The first kappa shape index (κ1) is 21.0. The van der Waals surface area contributed by atoms with Crippen LogP contribution >= 0.6 is 15.9 Å². The van der Waals surface area contributed by atoms with Crippen LogP contribution in [-0.2, 0) is 13.2 Å². The van der Waals surface area contributed by atoms with Crippen molar-refractivity contribution in [2.75, 3.05) is 0 Å². The molecule has 0 aliphatic carbocycles. The highest BCUT2D eigenvalue weighted by molar-refractivity contribution is 9.10. The van der Waals surface area contributed by atoms with Gasteiger partial charge in [-0.15, -0.1) is 0 Å². The number of H-pyrrole nitrogens is 1. The topological polar surface area (TPSA) is 69.1 Å². The molecule has 5 aromatic rings. The molecule has 2 heterocycles. The number of rotatable bonds is 7. The second-order valence-electron chi connectivity index (χ2n) is 7.42. The van der Waals surface area contributed by atoms with Gasteiger partial charge in [0.2, 0.25) is 11.8 Å². The van der Waals surface area contributed by atoms with Gasteiger partial charge in [0, 0.05) is 10.5 Å². The Morgan fingerprint density at radius 3 is 2.15 bits per heavy atom. The number of benzene rings is 3. The third kappa shape index (κ3) is 4.54. The van der Waals surface area contributed by atoms with Crippen molar-refractivity contribution in [3.8, 4) is 17.4 Å². The van der Waals surface area contributed by atoms with Gasteiger partial charge in [-0.05, 0) is 45.3 Å². The zero-order valence-corrected chi connectivity index (χ0v) is 19.2. The predicted molar refractivity (Wildman–Crippen MR) is 131 cm³/mol. The number of halogens is 1. The van der Waals surface area contributed by atoms with E-state index in [2.05, 4.69) is 25.9 Å².